The molecular formula is C19H24N3O2. The van der Waals surface area contributed by atoms with Gasteiger partial charge in [0.15, 0.2) is 6.61 Å². The molecule has 0 unspecified atom stereocenters. The highest BCUT2D eigenvalue weighted by molar-refractivity contribution is 5.77. The van der Waals surface area contributed by atoms with Crippen molar-refractivity contribution in [3.05, 3.63) is 36.2 Å². The fourth-order valence-electron chi connectivity index (χ4n) is 3.19. The number of carbonyl (C=O) groups is 1. The van der Waals surface area contributed by atoms with E-state index in [0.29, 0.717) is 11.7 Å². The van der Waals surface area contributed by atoms with Gasteiger partial charge in [0.05, 0.1) is 5.69 Å². The van der Waals surface area contributed by atoms with Crippen LogP contribution in [0.5, 0.6) is 5.75 Å². The van der Waals surface area contributed by atoms with Gasteiger partial charge in [-0.25, -0.2) is 0 Å². The van der Waals surface area contributed by atoms with E-state index >= 15 is 0 Å². The van der Waals surface area contributed by atoms with Crippen LogP contribution in [0.2, 0.25) is 0 Å². The summed E-state index contributed by atoms with van der Waals surface area (Å²) in [6.07, 6.45) is 8.19. The average Bonchev–Trinajstić information content (AvgIpc) is 3.05. The minimum atomic E-state index is -0.0644. The van der Waals surface area contributed by atoms with Crippen molar-refractivity contribution in [1.82, 2.24) is 15.5 Å². The number of amides is 1. The summed E-state index contributed by atoms with van der Waals surface area (Å²) in [6, 6.07) is 8.59. The van der Waals surface area contributed by atoms with E-state index in [1.165, 1.54) is 32.1 Å². The zero-order valence-corrected chi connectivity index (χ0v) is 14.1. The molecule has 0 bridgehead atoms. The largest absolute Gasteiger partial charge is 0.484 e. The van der Waals surface area contributed by atoms with Crippen LogP contribution in [0.3, 0.4) is 0 Å². The molecule has 3 rings (SSSR count). The summed E-state index contributed by atoms with van der Waals surface area (Å²) in [5.74, 6) is 1.20. The lowest BCUT2D eigenvalue weighted by Crippen LogP contribution is -2.33. The number of nitrogens with one attached hydrogen (secondary N) is 2. The molecule has 0 saturated heterocycles. The monoisotopic (exact) mass is 326 g/mol. The van der Waals surface area contributed by atoms with Gasteiger partial charge in [-0.1, -0.05) is 19.3 Å². The number of benzene rings is 1. The number of aryl methyl sites for hydroxylation is 1. The van der Waals surface area contributed by atoms with Gasteiger partial charge in [-0.3, -0.25) is 9.89 Å². The van der Waals surface area contributed by atoms with Gasteiger partial charge in [-0.05, 0) is 55.5 Å². The Morgan fingerprint density at radius 1 is 1.38 bits per heavy atom. The molecule has 1 heterocycles. The fourth-order valence-corrected chi connectivity index (χ4v) is 3.19. The van der Waals surface area contributed by atoms with Crippen molar-refractivity contribution in [2.75, 3.05) is 13.2 Å². The van der Waals surface area contributed by atoms with Crippen molar-refractivity contribution < 1.29 is 9.53 Å². The second kappa shape index (κ2) is 7.99. The smallest absolute Gasteiger partial charge is 0.257 e. The van der Waals surface area contributed by atoms with Crippen LogP contribution < -0.4 is 10.1 Å². The van der Waals surface area contributed by atoms with E-state index in [-0.39, 0.29) is 12.5 Å². The Kier molecular flexibility index (Phi) is 5.51. The van der Waals surface area contributed by atoms with Gasteiger partial charge in [0.2, 0.25) is 0 Å². The fraction of sp³-hybridized carbons (Fsp3) is 0.474. The lowest BCUT2D eigenvalue weighted by Gasteiger charge is -2.21. The topological polar surface area (TPSA) is 67.0 Å². The van der Waals surface area contributed by atoms with E-state index in [4.69, 9.17) is 4.74 Å². The van der Waals surface area contributed by atoms with Crippen LogP contribution in [0.25, 0.3) is 11.1 Å². The van der Waals surface area contributed by atoms with Gasteiger partial charge >= 0.3 is 0 Å². The summed E-state index contributed by atoms with van der Waals surface area (Å²) in [4.78, 5) is 12.0. The zero-order valence-electron chi connectivity index (χ0n) is 14.1. The Balaban J connectivity index is 1.49. The van der Waals surface area contributed by atoms with E-state index in [2.05, 4.69) is 21.6 Å². The number of nitrogens with zero attached hydrogens (tertiary/aromatic N) is 1. The molecule has 1 aliphatic rings. The number of aromatic amines is 1. The number of H-pyrrole nitrogens is 1. The molecule has 0 spiro atoms. The summed E-state index contributed by atoms with van der Waals surface area (Å²) >= 11 is 0. The second-order valence-corrected chi connectivity index (χ2v) is 6.44. The lowest BCUT2D eigenvalue weighted by molar-refractivity contribution is -0.123. The van der Waals surface area contributed by atoms with Crippen LogP contribution in [0.4, 0.5) is 0 Å². The van der Waals surface area contributed by atoms with Crippen molar-refractivity contribution in [2.45, 2.75) is 39.0 Å². The molecule has 1 amide bonds. The number of carbonyl (C=O) groups excluding carboxylic acids is 1. The van der Waals surface area contributed by atoms with Gasteiger partial charge in [-0.15, -0.1) is 0 Å². The van der Waals surface area contributed by atoms with Crippen LogP contribution in [0.1, 0.15) is 37.8 Å². The Morgan fingerprint density at radius 2 is 2.21 bits per heavy atom. The van der Waals surface area contributed by atoms with Gasteiger partial charge in [0, 0.05) is 18.3 Å². The quantitative estimate of drug-likeness (QED) is 0.856. The molecule has 1 saturated carbocycles. The summed E-state index contributed by atoms with van der Waals surface area (Å²) in [6.45, 7) is 2.75. The highest BCUT2D eigenvalue weighted by atomic mass is 16.5. The van der Waals surface area contributed by atoms with Crippen molar-refractivity contribution in [1.29, 1.82) is 0 Å². The van der Waals surface area contributed by atoms with Crippen molar-refractivity contribution in [3.8, 4) is 16.9 Å². The third-order valence-corrected chi connectivity index (χ3v) is 4.59. The first-order valence-electron chi connectivity index (χ1n) is 8.64. The van der Waals surface area contributed by atoms with E-state index in [9.17, 15) is 4.79 Å². The highest BCUT2D eigenvalue weighted by Gasteiger charge is 2.14. The van der Waals surface area contributed by atoms with Crippen LogP contribution in [-0.4, -0.2) is 29.3 Å². The Hall–Kier alpha value is -2.30. The summed E-state index contributed by atoms with van der Waals surface area (Å²) < 4.78 is 5.61. The molecule has 0 atom stereocenters. The Labute approximate surface area is 142 Å². The Bertz CT molecular complexity index is 675. The van der Waals surface area contributed by atoms with Crippen LogP contribution in [-0.2, 0) is 4.79 Å². The van der Waals surface area contributed by atoms with Crippen molar-refractivity contribution in [3.63, 3.8) is 0 Å². The summed E-state index contributed by atoms with van der Waals surface area (Å²) in [7, 11) is 0. The minimum Gasteiger partial charge on any atom is -0.484 e. The third kappa shape index (κ3) is 4.37. The third-order valence-electron chi connectivity index (χ3n) is 4.59. The maximum Gasteiger partial charge on any atom is 0.257 e. The molecule has 5 heteroatoms. The SMILES string of the molecule is Cc1n[nH]cc1-c1c[c]cc(OCC(=O)NCC2CCCCC2)c1. The molecule has 127 valence electrons. The average molecular weight is 326 g/mol. The molecule has 0 aliphatic heterocycles. The lowest BCUT2D eigenvalue weighted by atomic mass is 9.89. The van der Waals surface area contributed by atoms with Gasteiger partial charge in [0.25, 0.3) is 5.91 Å². The maximum absolute atomic E-state index is 12.0. The zero-order chi connectivity index (χ0) is 16.8. The summed E-state index contributed by atoms with van der Waals surface area (Å²) in [5.41, 5.74) is 2.91. The maximum atomic E-state index is 12.0. The molecule has 1 aromatic heterocycles. The van der Waals surface area contributed by atoms with Gasteiger partial charge < -0.3 is 10.1 Å². The second-order valence-electron chi connectivity index (χ2n) is 6.44. The molecule has 1 aliphatic carbocycles. The molecule has 2 aromatic rings. The molecule has 1 fully saturated rings. The van der Waals surface area contributed by atoms with Crippen LogP contribution in [0.15, 0.2) is 24.4 Å². The normalized spacial score (nSPS) is 15.2. The summed E-state index contributed by atoms with van der Waals surface area (Å²) in [5, 5.41) is 9.95. The molecule has 2 N–H and O–H groups in total. The predicted octanol–water partition coefficient (Wildman–Crippen LogP) is 3.26. The van der Waals surface area contributed by atoms with E-state index in [1.807, 2.05) is 25.3 Å². The van der Waals surface area contributed by atoms with Gasteiger partial charge in [0.1, 0.15) is 5.75 Å². The number of rotatable bonds is 6. The number of aromatic nitrogens is 2. The van der Waals surface area contributed by atoms with Crippen molar-refractivity contribution >= 4 is 5.91 Å². The number of hydrogen-bond donors (Lipinski definition) is 2. The number of hydrogen-bond acceptors (Lipinski definition) is 3. The van der Waals surface area contributed by atoms with Gasteiger partial charge in [-0.2, -0.15) is 5.10 Å². The number of ether oxygens (including phenoxy) is 1. The van der Waals surface area contributed by atoms with Crippen molar-refractivity contribution in [2.24, 2.45) is 5.92 Å². The first-order chi connectivity index (χ1) is 11.7. The molecule has 24 heavy (non-hydrogen) atoms. The van der Waals surface area contributed by atoms with E-state index in [0.717, 1.165) is 23.4 Å². The highest BCUT2D eigenvalue weighted by Crippen LogP contribution is 2.25. The van der Waals surface area contributed by atoms with Crippen LogP contribution in [0, 0.1) is 18.9 Å². The standard InChI is InChI=1S/C19H24N3O2/c1-14-18(12-21-22-14)16-8-5-9-17(10-16)24-13-19(23)20-11-15-6-3-2-4-7-15/h8-10,12,15H,2-4,6-7,11,13H2,1H3,(H,20,23)(H,21,22). The molecular weight excluding hydrogens is 302 g/mol. The van der Waals surface area contributed by atoms with E-state index < -0.39 is 0 Å². The molecule has 1 aromatic carbocycles. The molecule has 5 nitrogen and oxygen atoms in total. The Morgan fingerprint density at radius 3 is 2.96 bits per heavy atom. The van der Waals surface area contributed by atoms with Crippen LogP contribution >= 0.6 is 0 Å². The first-order valence-corrected chi connectivity index (χ1v) is 8.64. The minimum absolute atomic E-state index is 0.0361. The predicted molar refractivity (Wildman–Crippen MR) is 92.7 cm³/mol. The first kappa shape index (κ1) is 16.6. The molecule has 1 radical (unpaired) electrons. The van der Waals surface area contributed by atoms with E-state index in [1.54, 1.807) is 6.07 Å².